The minimum absolute atomic E-state index is 0.232. The van der Waals surface area contributed by atoms with Gasteiger partial charge in [0.1, 0.15) is 0 Å². The normalized spacial score (nSPS) is 18.9. The van der Waals surface area contributed by atoms with E-state index in [0.29, 0.717) is 17.8 Å². The summed E-state index contributed by atoms with van der Waals surface area (Å²) in [6.07, 6.45) is -0.992. The van der Waals surface area contributed by atoms with E-state index in [-0.39, 0.29) is 5.92 Å². The van der Waals surface area contributed by atoms with Crippen LogP contribution in [-0.4, -0.2) is 0 Å². The highest BCUT2D eigenvalue weighted by Gasteiger charge is 2.35. The van der Waals surface area contributed by atoms with Crippen molar-refractivity contribution in [2.24, 2.45) is 11.8 Å². The minimum atomic E-state index is -4.25. The van der Waals surface area contributed by atoms with Crippen molar-refractivity contribution in [2.45, 2.75) is 65.0 Å². The molecule has 0 radical (unpaired) electrons. The van der Waals surface area contributed by atoms with E-state index in [0.717, 1.165) is 30.4 Å². The molecule has 0 heterocycles. The standard InChI is InChI=1S/C18H25F3/c1-5-15(11(2)3)16-9-8-14(18(19,20)21)10-17(16)12(4)13-6-7-13/h8-13,15H,5-7H2,1-4H3. The van der Waals surface area contributed by atoms with Crippen LogP contribution in [0.4, 0.5) is 13.2 Å². The molecule has 0 amide bonds. The van der Waals surface area contributed by atoms with Gasteiger partial charge in [0.05, 0.1) is 5.56 Å². The minimum Gasteiger partial charge on any atom is -0.166 e. The van der Waals surface area contributed by atoms with Gasteiger partial charge >= 0.3 is 6.18 Å². The molecule has 2 unspecified atom stereocenters. The first-order valence-electron chi connectivity index (χ1n) is 7.96. The largest absolute Gasteiger partial charge is 0.416 e. The molecule has 1 aliphatic carbocycles. The van der Waals surface area contributed by atoms with E-state index >= 15 is 0 Å². The predicted octanol–water partition coefficient (Wildman–Crippen LogP) is 6.37. The molecule has 1 aliphatic rings. The molecule has 2 rings (SSSR count). The number of benzene rings is 1. The Morgan fingerprint density at radius 2 is 1.71 bits per heavy atom. The quantitative estimate of drug-likeness (QED) is 0.592. The van der Waals surface area contributed by atoms with Crippen molar-refractivity contribution in [3.05, 3.63) is 34.9 Å². The SMILES string of the molecule is CCC(c1ccc(C(F)(F)F)cc1C(C)C1CC1)C(C)C. The van der Waals surface area contributed by atoms with E-state index in [1.807, 2.05) is 0 Å². The molecule has 0 nitrogen and oxygen atoms in total. The zero-order valence-electron chi connectivity index (χ0n) is 13.3. The number of rotatable bonds is 5. The van der Waals surface area contributed by atoms with Crippen LogP contribution in [0.15, 0.2) is 18.2 Å². The van der Waals surface area contributed by atoms with E-state index < -0.39 is 11.7 Å². The Kier molecular flexibility index (Phi) is 4.69. The Hall–Kier alpha value is -0.990. The van der Waals surface area contributed by atoms with Crippen molar-refractivity contribution in [2.75, 3.05) is 0 Å². The first kappa shape index (κ1) is 16.4. The van der Waals surface area contributed by atoms with Gasteiger partial charge in [-0.3, -0.25) is 0 Å². The highest BCUT2D eigenvalue weighted by atomic mass is 19.4. The molecule has 2 atom stereocenters. The summed E-state index contributed by atoms with van der Waals surface area (Å²) in [6.45, 7) is 8.51. The molecule has 118 valence electrons. The van der Waals surface area contributed by atoms with Crippen LogP contribution < -0.4 is 0 Å². The smallest absolute Gasteiger partial charge is 0.166 e. The Balaban J connectivity index is 2.48. The van der Waals surface area contributed by atoms with Gasteiger partial charge in [-0.15, -0.1) is 0 Å². The fourth-order valence-corrected chi connectivity index (χ4v) is 3.38. The van der Waals surface area contributed by atoms with E-state index in [9.17, 15) is 13.2 Å². The maximum Gasteiger partial charge on any atom is 0.416 e. The molecule has 0 aromatic heterocycles. The summed E-state index contributed by atoms with van der Waals surface area (Å²) >= 11 is 0. The van der Waals surface area contributed by atoms with Crippen LogP contribution in [0.1, 0.15) is 75.5 Å². The van der Waals surface area contributed by atoms with Crippen LogP contribution in [0.3, 0.4) is 0 Å². The summed E-state index contributed by atoms with van der Waals surface area (Å²) in [6, 6.07) is 4.39. The lowest BCUT2D eigenvalue weighted by Crippen LogP contribution is -2.14. The summed E-state index contributed by atoms with van der Waals surface area (Å²) < 4.78 is 39.1. The highest BCUT2D eigenvalue weighted by molar-refractivity contribution is 5.39. The van der Waals surface area contributed by atoms with E-state index in [1.54, 1.807) is 6.07 Å². The van der Waals surface area contributed by atoms with Crippen molar-refractivity contribution in [3.63, 3.8) is 0 Å². The average molecular weight is 298 g/mol. The number of hydrogen-bond acceptors (Lipinski definition) is 0. The average Bonchev–Trinajstić information content (AvgIpc) is 3.21. The number of hydrogen-bond donors (Lipinski definition) is 0. The summed E-state index contributed by atoms with van der Waals surface area (Å²) in [4.78, 5) is 0. The second-order valence-electron chi connectivity index (χ2n) is 6.73. The van der Waals surface area contributed by atoms with E-state index in [4.69, 9.17) is 0 Å². The third kappa shape index (κ3) is 3.61. The molecule has 1 aromatic carbocycles. The molecule has 1 fully saturated rings. The summed E-state index contributed by atoms with van der Waals surface area (Å²) in [5.74, 6) is 1.58. The first-order valence-corrected chi connectivity index (χ1v) is 7.96. The lowest BCUT2D eigenvalue weighted by atomic mass is 9.79. The molecular formula is C18H25F3. The molecule has 0 spiro atoms. The Labute approximate surface area is 125 Å². The van der Waals surface area contributed by atoms with Crippen molar-refractivity contribution < 1.29 is 13.2 Å². The zero-order chi connectivity index (χ0) is 15.8. The Morgan fingerprint density at radius 1 is 1.10 bits per heavy atom. The van der Waals surface area contributed by atoms with Gasteiger partial charge < -0.3 is 0 Å². The number of halogens is 3. The second kappa shape index (κ2) is 6.02. The van der Waals surface area contributed by atoms with Crippen LogP contribution in [0.25, 0.3) is 0 Å². The molecular weight excluding hydrogens is 273 g/mol. The molecule has 0 aliphatic heterocycles. The fourth-order valence-electron chi connectivity index (χ4n) is 3.38. The zero-order valence-corrected chi connectivity index (χ0v) is 13.3. The van der Waals surface area contributed by atoms with Crippen molar-refractivity contribution >= 4 is 0 Å². The second-order valence-corrected chi connectivity index (χ2v) is 6.73. The van der Waals surface area contributed by atoms with Crippen molar-refractivity contribution in [3.8, 4) is 0 Å². The van der Waals surface area contributed by atoms with Gasteiger partial charge in [0, 0.05) is 0 Å². The Morgan fingerprint density at radius 3 is 2.14 bits per heavy atom. The van der Waals surface area contributed by atoms with Crippen LogP contribution >= 0.6 is 0 Å². The van der Waals surface area contributed by atoms with Crippen LogP contribution in [0, 0.1) is 11.8 Å². The lowest BCUT2D eigenvalue weighted by Gasteiger charge is -2.26. The first-order chi connectivity index (χ1) is 9.75. The van der Waals surface area contributed by atoms with Gasteiger partial charge in [-0.05, 0) is 66.2 Å². The van der Waals surface area contributed by atoms with E-state index in [1.165, 1.54) is 12.1 Å². The topological polar surface area (TPSA) is 0 Å². The predicted molar refractivity (Wildman–Crippen MR) is 80.5 cm³/mol. The maximum atomic E-state index is 13.0. The number of alkyl halides is 3. The van der Waals surface area contributed by atoms with Gasteiger partial charge in [0.15, 0.2) is 0 Å². The monoisotopic (exact) mass is 298 g/mol. The molecule has 0 saturated heterocycles. The molecule has 3 heteroatoms. The lowest BCUT2D eigenvalue weighted by molar-refractivity contribution is -0.137. The van der Waals surface area contributed by atoms with Crippen LogP contribution in [0.5, 0.6) is 0 Å². The van der Waals surface area contributed by atoms with Gasteiger partial charge in [-0.1, -0.05) is 33.8 Å². The van der Waals surface area contributed by atoms with Crippen molar-refractivity contribution in [1.29, 1.82) is 0 Å². The molecule has 21 heavy (non-hydrogen) atoms. The van der Waals surface area contributed by atoms with Gasteiger partial charge in [-0.2, -0.15) is 13.2 Å². The molecule has 1 aromatic rings. The third-order valence-electron chi connectivity index (χ3n) is 4.88. The van der Waals surface area contributed by atoms with Crippen LogP contribution in [0.2, 0.25) is 0 Å². The highest BCUT2D eigenvalue weighted by Crippen LogP contribution is 2.46. The van der Waals surface area contributed by atoms with Crippen LogP contribution in [-0.2, 0) is 6.18 Å². The summed E-state index contributed by atoms with van der Waals surface area (Å²) in [5.41, 5.74) is 1.54. The van der Waals surface area contributed by atoms with Gasteiger partial charge in [-0.25, -0.2) is 0 Å². The van der Waals surface area contributed by atoms with Crippen molar-refractivity contribution in [1.82, 2.24) is 0 Å². The third-order valence-corrected chi connectivity index (χ3v) is 4.88. The summed E-state index contributed by atoms with van der Waals surface area (Å²) in [7, 11) is 0. The summed E-state index contributed by atoms with van der Waals surface area (Å²) in [5, 5.41) is 0. The molecule has 0 bridgehead atoms. The molecule has 1 saturated carbocycles. The van der Waals surface area contributed by atoms with E-state index in [2.05, 4.69) is 27.7 Å². The molecule has 0 N–H and O–H groups in total. The maximum absolute atomic E-state index is 13.0. The Bertz CT molecular complexity index is 484. The van der Waals surface area contributed by atoms with Gasteiger partial charge in [0.25, 0.3) is 0 Å². The van der Waals surface area contributed by atoms with Gasteiger partial charge in [0.2, 0.25) is 0 Å². The fraction of sp³-hybridized carbons (Fsp3) is 0.667.